The van der Waals surface area contributed by atoms with Crippen LogP contribution in [0.1, 0.15) is 58.3 Å². The molecule has 0 aliphatic carbocycles. The Balaban J connectivity index is 1.83. The van der Waals surface area contributed by atoms with Crippen molar-refractivity contribution in [3.05, 3.63) is 75.0 Å². The van der Waals surface area contributed by atoms with Gasteiger partial charge in [0.05, 0.1) is 29.1 Å². The van der Waals surface area contributed by atoms with E-state index in [9.17, 15) is 24.6 Å². The van der Waals surface area contributed by atoms with E-state index in [1.54, 1.807) is 44.2 Å². The van der Waals surface area contributed by atoms with Crippen molar-refractivity contribution < 1.29 is 24.6 Å². The SMILES string of the molecule is Cc1c(O)[nH]c(O)c1C(=O)[C@H](NC(=O)C[C@H](NC(=O)c1nc(Cl)ccc1Cl)c1ccccc1)C(C)C. The van der Waals surface area contributed by atoms with Gasteiger partial charge in [0.2, 0.25) is 11.8 Å². The van der Waals surface area contributed by atoms with Gasteiger partial charge in [0.15, 0.2) is 11.7 Å². The van der Waals surface area contributed by atoms with Gasteiger partial charge in [-0.3, -0.25) is 19.4 Å². The molecule has 36 heavy (non-hydrogen) atoms. The smallest absolute Gasteiger partial charge is 0.271 e. The summed E-state index contributed by atoms with van der Waals surface area (Å²) in [6.45, 7) is 4.96. The number of ketones is 1. The molecule has 2 atom stereocenters. The second kappa shape index (κ2) is 11.5. The van der Waals surface area contributed by atoms with Crippen LogP contribution in [-0.2, 0) is 4.79 Å². The molecule has 190 valence electrons. The highest BCUT2D eigenvalue weighted by molar-refractivity contribution is 6.34. The molecule has 0 spiro atoms. The molecule has 3 rings (SSSR count). The molecule has 0 saturated carbocycles. The number of pyridine rings is 1. The Kier molecular flexibility index (Phi) is 8.60. The van der Waals surface area contributed by atoms with Crippen LogP contribution < -0.4 is 10.6 Å². The first kappa shape index (κ1) is 27.0. The summed E-state index contributed by atoms with van der Waals surface area (Å²) in [7, 11) is 0. The molecular formula is C25H26Cl2N4O5. The Bertz CT molecular complexity index is 1280. The van der Waals surface area contributed by atoms with Gasteiger partial charge in [0.25, 0.3) is 5.91 Å². The third-order valence-electron chi connectivity index (χ3n) is 5.64. The molecular weight excluding hydrogens is 507 g/mol. The number of Topliss-reactive ketones (excluding diaryl/α,β-unsaturated/α-hetero) is 1. The molecule has 11 heteroatoms. The molecule has 0 bridgehead atoms. The predicted octanol–water partition coefficient (Wildman–Crippen LogP) is 4.32. The van der Waals surface area contributed by atoms with E-state index in [1.807, 2.05) is 0 Å². The van der Waals surface area contributed by atoms with Crippen LogP contribution in [0.5, 0.6) is 11.8 Å². The lowest BCUT2D eigenvalue weighted by molar-refractivity contribution is -0.122. The third kappa shape index (κ3) is 6.16. The zero-order chi connectivity index (χ0) is 26.6. The fourth-order valence-corrected chi connectivity index (χ4v) is 4.05. The Morgan fingerprint density at radius 2 is 1.67 bits per heavy atom. The quantitative estimate of drug-likeness (QED) is 0.205. The van der Waals surface area contributed by atoms with Crippen LogP contribution in [0.3, 0.4) is 0 Å². The monoisotopic (exact) mass is 532 g/mol. The van der Waals surface area contributed by atoms with Gasteiger partial charge >= 0.3 is 0 Å². The molecule has 0 radical (unpaired) electrons. The predicted molar refractivity (Wildman–Crippen MR) is 135 cm³/mol. The summed E-state index contributed by atoms with van der Waals surface area (Å²) in [4.78, 5) is 45.5. The first-order valence-electron chi connectivity index (χ1n) is 11.1. The molecule has 0 aliphatic heterocycles. The molecule has 0 aliphatic rings. The molecule has 2 amide bonds. The normalized spacial score (nSPS) is 12.7. The molecule has 3 aromatic rings. The van der Waals surface area contributed by atoms with E-state index in [0.29, 0.717) is 5.56 Å². The third-order valence-corrected chi connectivity index (χ3v) is 6.16. The van der Waals surface area contributed by atoms with Crippen molar-refractivity contribution in [2.45, 2.75) is 39.3 Å². The number of aromatic hydroxyl groups is 2. The highest BCUT2D eigenvalue weighted by Gasteiger charge is 2.31. The summed E-state index contributed by atoms with van der Waals surface area (Å²) in [5.41, 5.74) is 0.647. The maximum atomic E-state index is 13.2. The van der Waals surface area contributed by atoms with E-state index >= 15 is 0 Å². The number of hydrogen-bond donors (Lipinski definition) is 5. The number of carbonyl (C=O) groups excluding carboxylic acids is 3. The van der Waals surface area contributed by atoms with Gasteiger partial charge < -0.3 is 20.8 Å². The second-order valence-corrected chi connectivity index (χ2v) is 9.38. The van der Waals surface area contributed by atoms with Crippen molar-refractivity contribution in [3.8, 4) is 11.8 Å². The first-order chi connectivity index (χ1) is 17.0. The van der Waals surface area contributed by atoms with Crippen LogP contribution >= 0.6 is 23.2 Å². The number of aromatic amines is 1. The standard InChI is InChI=1S/C25H26Cl2N4O5/c1-12(2)20(22(33)19-13(3)23(34)31-24(19)35)30-18(32)11-16(14-7-5-4-6-8-14)28-25(36)21-15(26)9-10-17(27)29-21/h4-10,12,16,20,31,34-35H,11H2,1-3H3,(H,28,36)(H,30,32)/t16-,20+/m0/s1. The van der Waals surface area contributed by atoms with Gasteiger partial charge in [-0.15, -0.1) is 0 Å². The average Bonchev–Trinajstić information content (AvgIpc) is 3.09. The summed E-state index contributed by atoms with van der Waals surface area (Å²) >= 11 is 12.0. The minimum Gasteiger partial charge on any atom is -0.494 e. The zero-order valence-electron chi connectivity index (χ0n) is 19.8. The van der Waals surface area contributed by atoms with Crippen LogP contribution in [-0.4, -0.2) is 43.8 Å². The van der Waals surface area contributed by atoms with Crippen LogP contribution in [0.25, 0.3) is 0 Å². The van der Waals surface area contributed by atoms with E-state index in [0.717, 1.165) is 0 Å². The van der Waals surface area contributed by atoms with Crippen molar-refractivity contribution in [3.63, 3.8) is 0 Å². The lowest BCUT2D eigenvalue weighted by Crippen LogP contribution is -2.45. The highest BCUT2D eigenvalue weighted by Crippen LogP contribution is 2.30. The summed E-state index contributed by atoms with van der Waals surface area (Å²) in [5, 5.41) is 25.5. The number of carbonyl (C=O) groups is 3. The van der Waals surface area contributed by atoms with Crippen molar-refractivity contribution in [2.24, 2.45) is 5.92 Å². The summed E-state index contributed by atoms with van der Waals surface area (Å²) in [5.74, 6) is -2.83. The largest absolute Gasteiger partial charge is 0.494 e. The number of benzene rings is 1. The number of rotatable bonds is 9. The fraction of sp³-hybridized carbons (Fsp3) is 0.280. The number of aromatic nitrogens is 2. The summed E-state index contributed by atoms with van der Waals surface area (Å²) in [6.07, 6.45) is -0.201. The molecule has 0 saturated heterocycles. The topological polar surface area (TPSA) is 144 Å². The number of amides is 2. The molecule has 0 fully saturated rings. The maximum absolute atomic E-state index is 13.2. The highest BCUT2D eigenvalue weighted by atomic mass is 35.5. The van der Waals surface area contributed by atoms with Gasteiger partial charge in [-0.25, -0.2) is 4.98 Å². The van der Waals surface area contributed by atoms with Crippen LogP contribution in [0, 0.1) is 12.8 Å². The maximum Gasteiger partial charge on any atom is 0.271 e. The van der Waals surface area contributed by atoms with Crippen molar-refractivity contribution >= 4 is 40.8 Å². The van der Waals surface area contributed by atoms with Gasteiger partial charge in [-0.1, -0.05) is 67.4 Å². The van der Waals surface area contributed by atoms with Gasteiger partial charge in [-0.2, -0.15) is 0 Å². The molecule has 2 heterocycles. The van der Waals surface area contributed by atoms with Gasteiger partial charge in [0, 0.05) is 5.56 Å². The minimum absolute atomic E-state index is 0.0843. The van der Waals surface area contributed by atoms with E-state index in [4.69, 9.17) is 23.2 Å². The lowest BCUT2D eigenvalue weighted by atomic mass is 9.93. The van der Waals surface area contributed by atoms with Crippen LogP contribution in [0.15, 0.2) is 42.5 Å². The minimum atomic E-state index is -0.992. The molecule has 2 aromatic heterocycles. The number of H-pyrrole nitrogens is 1. The number of nitrogens with one attached hydrogen (secondary N) is 3. The van der Waals surface area contributed by atoms with Crippen molar-refractivity contribution in [1.29, 1.82) is 0 Å². The number of nitrogens with zero attached hydrogens (tertiary/aromatic N) is 1. The van der Waals surface area contributed by atoms with E-state index in [-0.39, 0.29) is 45.2 Å². The first-order valence-corrected chi connectivity index (χ1v) is 11.9. The molecule has 0 unspecified atom stereocenters. The Morgan fingerprint density at radius 1 is 1.00 bits per heavy atom. The summed E-state index contributed by atoms with van der Waals surface area (Å²) in [6, 6.07) is 9.97. The second-order valence-electron chi connectivity index (χ2n) is 8.58. The fourth-order valence-electron chi connectivity index (χ4n) is 3.72. The van der Waals surface area contributed by atoms with Crippen LogP contribution in [0.4, 0.5) is 0 Å². The Labute approximate surface area is 217 Å². The Hall–Kier alpha value is -3.56. The lowest BCUT2D eigenvalue weighted by Gasteiger charge is -2.24. The van der Waals surface area contributed by atoms with E-state index in [2.05, 4.69) is 20.6 Å². The molecule has 1 aromatic carbocycles. The number of hydrogen-bond acceptors (Lipinski definition) is 6. The average molecular weight is 533 g/mol. The van der Waals surface area contributed by atoms with E-state index in [1.165, 1.54) is 19.1 Å². The van der Waals surface area contributed by atoms with Crippen molar-refractivity contribution in [2.75, 3.05) is 0 Å². The molecule has 9 nitrogen and oxygen atoms in total. The van der Waals surface area contributed by atoms with Gasteiger partial charge in [-0.05, 0) is 30.5 Å². The van der Waals surface area contributed by atoms with Crippen molar-refractivity contribution in [1.82, 2.24) is 20.6 Å². The van der Waals surface area contributed by atoms with E-state index < -0.39 is 35.6 Å². The number of halogens is 2. The molecule has 5 N–H and O–H groups in total. The van der Waals surface area contributed by atoms with Gasteiger partial charge in [0.1, 0.15) is 10.8 Å². The zero-order valence-corrected chi connectivity index (χ0v) is 21.3. The summed E-state index contributed by atoms with van der Waals surface area (Å²) < 4.78 is 0. The van der Waals surface area contributed by atoms with Crippen LogP contribution in [0.2, 0.25) is 10.2 Å². The Morgan fingerprint density at radius 3 is 2.25 bits per heavy atom.